The summed E-state index contributed by atoms with van der Waals surface area (Å²) in [5.41, 5.74) is 9.74. The van der Waals surface area contributed by atoms with Crippen LogP contribution in [0.3, 0.4) is 0 Å². The third-order valence-corrected chi connectivity index (χ3v) is 2.96. The normalized spacial score (nSPS) is 9.83. The summed E-state index contributed by atoms with van der Waals surface area (Å²) in [6.45, 7) is 1.96. The van der Waals surface area contributed by atoms with Crippen LogP contribution in [0.1, 0.15) is 11.1 Å². The Labute approximate surface area is 111 Å². The molecule has 90 valence electrons. The van der Waals surface area contributed by atoms with E-state index in [1.165, 1.54) is 0 Å². The summed E-state index contributed by atoms with van der Waals surface area (Å²) in [6, 6.07) is 12.9. The first-order chi connectivity index (χ1) is 8.60. The molecule has 0 radical (unpaired) electrons. The molecule has 2 aromatic rings. The van der Waals surface area contributed by atoms with Crippen LogP contribution >= 0.6 is 11.6 Å². The van der Waals surface area contributed by atoms with Crippen molar-refractivity contribution in [3.8, 4) is 6.07 Å². The van der Waals surface area contributed by atoms with Crippen molar-refractivity contribution >= 4 is 28.7 Å². The number of nitriles is 1. The highest BCUT2D eigenvalue weighted by Crippen LogP contribution is 2.28. The molecule has 4 heteroatoms. The topological polar surface area (TPSA) is 61.8 Å². The molecule has 0 saturated carbocycles. The Balaban J connectivity index is 2.28. The minimum atomic E-state index is 0.525. The molecule has 0 bridgehead atoms. The van der Waals surface area contributed by atoms with E-state index < -0.39 is 0 Å². The summed E-state index contributed by atoms with van der Waals surface area (Å²) in [6.07, 6.45) is 0. The number of benzene rings is 2. The molecule has 0 fully saturated rings. The number of aryl methyl sites for hydroxylation is 1. The Morgan fingerprint density at radius 3 is 2.50 bits per heavy atom. The fourth-order valence-corrected chi connectivity index (χ4v) is 1.79. The van der Waals surface area contributed by atoms with Crippen molar-refractivity contribution in [3.05, 3.63) is 52.5 Å². The van der Waals surface area contributed by atoms with Crippen molar-refractivity contribution in [2.75, 3.05) is 11.1 Å². The molecule has 0 aliphatic carbocycles. The summed E-state index contributed by atoms with van der Waals surface area (Å²) in [5.74, 6) is 0. The molecule has 0 amide bonds. The van der Waals surface area contributed by atoms with Crippen LogP contribution in [0.2, 0.25) is 5.02 Å². The number of halogens is 1. The van der Waals surface area contributed by atoms with Crippen molar-refractivity contribution < 1.29 is 0 Å². The molecule has 0 aliphatic rings. The second-order valence-corrected chi connectivity index (χ2v) is 4.41. The highest BCUT2D eigenvalue weighted by Gasteiger charge is 2.04. The predicted molar refractivity (Wildman–Crippen MR) is 75.0 cm³/mol. The van der Waals surface area contributed by atoms with Gasteiger partial charge in [0, 0.05) is 11.4 Å². The van der Waals surface area contributed by atoms with E-state index in [9.17, 15) is 0 Å². The molecule has 2 aromatic carbocycles. The van der Waals surface area contributed by atoms with Gasteiger partial charge in [0.25, 0.3) is 0 Å². The summed E-state index contributed by atoms with van der Waals surface area (Å²) in [4.78, 5) is 0. The van der Waals surface area contributed by atoms with Gasteiger partial charge >= 0.3 is 0 Å². The van der Waals surface area contributed by atoms with Gasteiger partial charge in [-0.25, -0.2) is 0 Å². The van der Waals surface area contributed by atoms with Gasteiger partial charge in [-0.05, 0) is 48.9 Å². The summed E-state index contributed by atoms with van der Waals surface area (Å²) in [5, 5.41) is 12.5. The quantitative estimate of drug-likeness (QED) is 0.804. The first-order valence-electron chi connectivity index (χ1n) is 5.43. The molecule has 0 spiro atoms. The Hall–Kier alpha value is -2.18. The first-order valence-corrected chi connectivity index (χ1v) is 5.81. The van der Waals surface area contributed by atoms with Gasteiger partial charge in [0.15, 0.2) is 0 Å². The number of nitrogens with two attached hydrogens (primary N) is 1. The number of nitrogens with one attached hydrogen (secondary N) is 1. The standard InChI is InChI=1S/C14H12ClN3/c1-9-6-13(17)12(15)7-14(9)18-11-4-2-10(8-16)3-5-11/h2-7,18H,17H2,1H3. The molecule has 2 rings (SSSR count). The van der Waals surface area contributed by atoms with Crippen molar-refractivity contribution in [1.82, 2.24) is 0 Å². The number of nitrogens with zero attached hydrogens (tertiary/aromatic N) is 1. The smallest absolute Gasteiger partial charge is 0.0991 e. The summed E-state index contributed by atoms with van der Waals surface area (Å²) < 4.78 is 0. The fourth-order valence-electron chi connectivity index (χ4n) is 1.62. The maximum absolute atomic E-state index is 8.73. The van der Waals surface area contributed by atoms with E-state index in [2.05, 4.69) is 11.4 Å². The van der Waals surface area contributed by atoms with Gasteiger partial charge in [0.1, 0.15) is 0 Å². The van der Waals surface area contributed by atoms with E-state index in [4.69, 9.17) is 22.6 Å². The average Bonchev–Trinajstić information content (AvgIpc) is 2.37. The second-order valence-electron chi connectivity index (χ2n) is 4.00. The van der Waals surface area contributed by atoms with E-state index in [1.54, 1.807) is 18.2 Å². The highest BCUT2D eigenvalue weighted by atomic mass is 35.5. The van der Waals surface area contributed by atoms with Gasteiger partial charge in [-0.1, -0.05) is 11.6 Å². The highest BCUT2D eigenvalue weighted by molar-refractivity contribution is 6.33. The first kappa shape index (κ1) is 12.3. The molecular formula is C14H12ClN3. The number of nitrogen functional groups attached to an aromatic ring is 1. The lowest BCUT2D eigenvalue weighted by Crippen LogP contribution is -1.95. The van der Waals surface area contributed by atoms with Crippen molar-refractivity contribution in [2.45, 2.75) is 6.92 Å². The molecule has 3 nitrogen and oxygen atoms in total. The van der Waals surface area contributed by atoms with Gasteiger partial charge in [-0.15, -0.1) is 0 Å². The monoisotopic (exact) mass is 257 g/mol. The molecule has 0 unspecified atom stereocenters. The molecule has 0 atom stereocenters. The molecule has 3 N–H and O–H groups in total. The lowest BCUT2D eigenvalue weighted by Gasteiger charge is -2.11. The van der Waals surface area contributed by atoms with Crippen molar-refractivity contribution in [3.63, 3.8) is 0 Å². The maximum atomic E-state index is 8.73. The minimum Gasteiger partial charge on any atom is -0.398 e. The Morgan fingerprint density at radius 1 is 1.22 bits per heavy atom. The average molecular weight is 258 g/mol. The fraction of sp³-hybridized carbons (Fsp3) is 0.0714. The van der Waals surface area contributed by atoms with Crippen LogP contribution in [-0.2, 0) is 0 Å². The lowest BCUT2D eigenvalue weighted by molar-refractivity contribution is 1.42. The van der Waals surface area contributed by atoms with E-state index in [0.717, 1.165) is 16.9 Å². The van der Waals surface area contributed by atoms with Crippen molar-refractivity contribution in [2.24, 2.45) is 0 Å². The summed E-state index contributed by atoms with van der Waals surface area (Å²) >= 11 is 5.99. The number of hydrogen-bond acceptors (Lipinski definition) is 3. The van der Waals surface area contributed by atoms with Crippen LogP contribution in [0.15, 0.2) is 36.4 Å². The molecule has 0 aromatic heterocycles. The zero-order chi connectivity index (χ0) is 13.1. The van der Waals surface area contributed by atoms with Gasteiger partial charge in [0.05, 0.1) is 22.3 Å². The third kappa shape index (κ3) is 2.55. The minimum absolute atomic E-state index is 0.525. The van der Waals surface area contributed by atoms with E-state index in [-0.39, 0.29) is 0 Å². The zero-order valence-electron chi connectivity index (χ0n) is 9.87. The Kier molecular flexibility index (Phi) is 3.40. The number of hydrogen-bond donors (Lipinski definition) is 2. The second kappa shape index (κ2) is 4.99. The van der Waals surface area contributed by atoms with Crippen LogP contribution in [0, 0.1) is 18.3 Å². The number of anilines is 3. The van der Waals surface area contributed by atoms with E-state index in [0.29, 0.717) is 16.3 Å². The largest absolute Gasteiger partial charge is 0.398 e. The Bertz CT molecular complexity index is 612. The Morgan fingerprint density at radius 2 is 1.89 bits per heavy atom. The van der Waals surface area contributed by atoms with Gasteiger partial charge in [-0.2, -0.15) is 5.26 Å². The van der Waals surface area contributed by atoms with Crippen LogP contribution in [0.25, 0.3) is 0 Å². The van der Waals surface area contributed by atoms with Crippen LogP contribution in [-0.4, -0.2) is 0 Å². The van der Waals surface area contributed by atoms with E-state index >= 15 is 0 Å². The molecule has 0 saturated heterocycles. The number of rotatable bonds is 2. The summed E-state index contributed by atoms with van der Waals surface area (Å²) in [7, 11) is 0. The van der Waals surface area contributed by atoms with Gasteiger partial charge in [-0.3, -0.25) is 0 Å². The zero-order valence-corrected chi connectivity index (χ0v) is 10.6. The lowest BCUT2D eigenvalue weighted by atomic mass is 10.1. The van der Waals surface area contributed by atoms with Crippen molar-refractivity contribution in [1.29, 1.82) is 5.26 Å². The van der Waals surface area contributed by atoms with Crippen LogP contribution < -0.4 is 11.1 Å². The predicted octanol–water partition coefficient (Wildman–Crippen LogP) is 3.85. The third-order valence-electron chi connectivity index (χ3n) is 2.64. The van der Waals surface area contributed by atoms with Gasteiger partial charge in [0.2, 0.25) is 0 Å². The molecule has 0 heterocycles. The SMILES string of the molecule is Cc1cc(N)c(Cl)cc1Nc1ccc(C#N)cc1. The molecule has 18 heavy (non-hydrogen) atoms. The van der Waals surface area contributed by atoms with Gasteiger partial charge < -0.3 is 11.1 Å². The molecular weight excluding hydrogens is 246 g/mol. The van der Waals surface area contributed by atoms with Crippen LogP contribution in [0.4, 0.5) is 17.1 Å². The maximum Gasteiger partial charge on any atom is 0.0991 e. The van der Waals surface area contributed by atoms with Crippen LogP contribution in [0.5, 0.6) is 0 Å². The molecule has 0 aliphatic heterocycles. The van der Waals surface area contributed by atoms with E-state index in [1.807, 2.05) is 25.1 Å².